The van der Waals surface area contributed by atoms with Crippen LogP contribution in [0.1, 0.15) is 30.6 Å². The van der Waals surface area contributed by atoms with Gasteiger partial charge >= 0.3 is 5.97 Å². The van der Waals surface area contributed by atoms with Crippen molar-refractivity contribution in [1.82, 2.24) is 0 Å². The zero-order valence-corrected chi connectivity index (χ0v) is 10.3. The first-order valence-electron chi connectivity index (χ1n) is 5.58. The molecule has 4 nitrogen and oxygen atoms in total. The lowest BCUT2D eigenvalue weighted by atomic mass is 10.1. The highest BCUT2D eigenvalue weighted by Crippen LogP contribution is 2.17. The summed E-state index contributed by atoms with van der Waals surface area (Å²) in [6, 6.07) is 6.80. The van der Waals surface area contributed by atoms with Gasteiger partial charge in [-0.1, -0.05) is 26.0 Å². The first-order chi connectivity index (χ1) is 8.10. The summed E-state index contributed by atoms with van der Waals surface area (Å²) in [6.45, 7) is 3.78. The quantitative estimate of drug-likeness (QED) is 0.815. The molecule has 92 valence electrons. The molecule has 17 heavy (non-hydrogen) atoms. The lowest BCUT2D eigenvalue weighted by Crippen LogP contribution is -2.21. The first-order valence-corrected chi connectivity index (χ1v) is 5.58. The minimum absolute atomic E-state index is 0.0827. The fourth-order valence-electron chi connectivity index (χ4n) is 1.32. The van der Waals surface area contributed by atoms with Crippen LogP contribution in [0.25, 0.3) is 0 Å². The third-order valence-corrected chi connectivity index (χ3v) is 2.65. The van der Waals surface area contributed by atoms with E-state index in [1.54, 1.807) is 24.3 Å². The Bertz CT molecular complexity index is 415. The second-order valence-electron chi connectivity index (χ2n) is 3.84. The van der Waals surface area contributed by atoms with Gasteiger partial charge < -0.3 is 10.1 Å². The number of nitrogens with one attached hydrogen (secondary N) is 1. The van der Waals surface area contributed by atoms with Crippen molar-refractivity contribution in [3.63, 3.8) is 0 Å². The molecule has 1 N–H and O–H groups in total. The van der Waals surface area contributed by atoms with E-state index in [1.165, 1.54) is 7.11 Å². The van der Waals surface area contributed by atoms with E-state index in [2.05, 4.69) is 10.1 Å². The topological polar surface area (TPSA) is 55.4 Å². The van der Waals surface area contributed by atoms with Crippen molar-refractivity contribution in [2.45, 2.75) is 20.3 Å². The molecule has 0 aromatic heterocycles. The first kappa shape index (κ1) is 13.2. The van der Waals surface area contributed by atoms with Gasteiger partial charge in [0.05, 0.1) is 18.4 Å². The minimum atomic E-state index is -0.454. The van der Waals surface area contributed by atoms with E-state index >= 15 is 0 Å². The second-order valence-corrected chi connectivity index (χ2v) is 3.84. The summed E-state index contributed by atoms with van der Waals surface area (Å²) in [7, 11) is 1.32. The summed E-state index contributed by atoms with van der Waals surface area (Å²) in [5, 5.41) is 2.74. The molecule has 0 bridgehead atoms. The molecule has 0 fully saturated rings. The molecule has 0 radical (unpaired) electrons. The Morgan fingerprint density at radius 1 is 1.35 bits per heavy atom. The maximum atomic E-state index is 11.7. The highest BCUT2D eigenvalue weighted by molar-refractivity contribution is 6.01. The molecule has 1 amide bonds. The third kappa shape index (κ3) is 3.31. The normalized spacial score (nSPS) is 11.7. The number of carbonyl (C=O) groups excluding carboxylic acids is 2. The summed E-state index contributed by atoms with van der Waals surface area (Å²) in [4.78, 5) is 23.2. The van der Waals surface area contributed by atoms with Crippen molar-refractivity contribution < 1.29 is 14.3 Å². The van der Waals surface area contributed by atoms with Crippen LogP contribution in [0.15, 0.2) is 24.3 Å². The Labute approximate surface area is 101 Å². The fourth-order valence-corrected chi connectivity index (χ4v) is 1.32. The zero-order chi connectivity index (χ0) is 12.8. The highest BCUT2D eigenvalue weighted by Gasteiger charge is 2.15. The predicted octanol–water partition coefficient (Wildman–Crippen LogP) is 2.46. The van der Waals surface area contributed by atoms with Gasteiger partial charge in [-0.15, -0.1) is 0 Å². The molecule has 0 spiro atoms. The molecule has 0 saturated heterocycles. The van der Waals surface area contributed by atoms with Gasteiger partial charge in [-0.25, -0.2) is 4.79 Å². The smallest absolute Gasteiger partial charge is 0.339 e. The Balaban J connectivity index is 2.91. The van der Waals surface area contributed by atoms with Crippen molar-refractivity contribution in [3.05, 3.63) is 29.8 Å². The number of hydrogen-bond acceptors (Lipinski definition) is 3. The average molecular weight is 235 g/mol. The SMILES string of the molecule is CC[C@@H](C)C(=O)Nc1ccccc1C(=O)OC. The Hall–Kier alpha value is -1.84. The van der Waals surface area contributed by atoms with Gasteiger partial charge in [-0.3, -0.25) is 4.79 Å². The Morgan fingerprint density at radius 2 is 2.00 bits per heavy atom. The van der Waals surface area contributed by atoms with Crippen LogP contribution in [0.5, 0.6) is 0 Å². The molecule has 1 aromatic rings. The molecule has 0 saturated carbocycles. The average Bonchev–Trinajstić information content (AvgIpc) is 2.37. The van der Waals surface area contributed by atoms with Gasteiger partial charge in [0.1, 0.15) is 0 Å². The molecule has 4 heteroatoms. The summed E-state index contributed by atoms with van der Waals surface area (Å²) in [5.74, 6) is -0.630. The number of benzene rings is 1. The van der Waals surface area contributed by atoms with Gasteiger partial charge in [0.2, 0.25) is 5.91 Å². The number of amides is 1. The number of rotatable bonds is 4. The van der Waals surface area contributed by atoms with Crippen LogP contribution < -0.4 is 5.32 Å². The Morgan fingerprint density at radius 3 is 2.59 bits per heavy atom. The molecule has 0 aliphatic heterocycles. The summed E-state index contributed by atoms with van der Waals surface area (Å²) < 4.78 is 4.66. The molecule has 0 aliphatic carbocycles. The van der Waals surface area contributed by atoms with E-state index in [1.807, 2.05) is 13.8 Å². The van der Waals surface area contributed by atoms with Crippen LogP contribution in [0.4, 0.5) is 5.69 Å². The number of methoxy groups -OCH3 is 1. The number of hydrogen-bond donors (Lipinski definition) is 1. The molecule has 1 rings (SSSR count). The van der Waals surface area contributed by atoms with Gasteiger partial charge in [-0.2, -0.15) is 0 Å². The molecule has 0 aliphatic rings. The maximum Gasteiger partial charge on any atom is 0.339 e. The summed E-state index contributed by atoms with van der Waals surface area (Å²) in [6.07, 6.45) is 0.756. The van der Waals surface area contributed by atoms with E-state index in [4.69, 9.17) is 0 Å². The number of para-hydroxylation sites is 1. The molecular weight excluding hydrogens is 218 g/mol. The number of esters is 1. The van der Waals surface area contributed by atoms with Crippen LogP contribution in [0.2, 0.25) is 0 Å². The van der Waals surface area contributed by atoms with Crippen LogP contribution in [0, 0.1) is 5.92 Å². The van der Waals surface area contributed by atoms with Crippen LogP contribution in [-0.4, -0.2) is 19.0 Å². The van der Waals surface area contributed by atoms with E-state index in [0.29, 0.717) is 11.3 Å². The molecular formula is C13H17NO3. The molecule has 1 atom stereocenters. The zero-order valence-electron chi connectivity index (χ0n) is 10.3. The number of anilines is 1. The van der Waals surface area contributed by atoms with Gasteiger partial charge in [0.25, 0.3) is 0 Å². The lowest BCUT2D eigenvalue weighted by Gasteiger charge is -2.12. The minimum Gasteiger partial charge on any atom is -0.465 e. The number of ether oxygens (including phenoxy) is 1. The molecule has 0 heterocycles. The standard InChI is InChI=1S/C13H17NO3/c1-4-9(2)12(15)14-11-8-6-5-7-10(11)13(16)17-3/h5-9H,4H2,1-3H3,(H,14,15)/t9-/m1/s1. The van der Waals surface area contributed by atoms with Gasteiger partial charge in [0, 0.05) is 5.92 Å². The van der Waals surface area contributed by atoms with E-state index in [0.717, 1.165) is 6.42 Å². The van der Waals surface area contributed by atoms with Crippen molar-refractivity contribution in [1.29, 1.82) is 0 Å². The second kappa shape index (κ2) is 6.03. The van der Waals surface area contributed by atoms with Crippen molar-refractivity contribution in [3.8, 4) is 0 Å². The van der Waals surface area contributed by atoms with E-state index in [9.17, 15) is 9.59 Å². The van der Waals surface area contributed by atoms with Crippen LogP contribution in [0.3, 0.4) is 0 Å². The fraction of sp³-hybridized carbons (Fsp3) is 0.385. The largest absolute Gasteiger partial charge is 0.465 e. The predicted molar refractivity (Wildman–Crippen MR) is 65.9 cm³/mol. The lowest BCUT2D eigenvalue weighted by molar-refractivity contribution is -0.119. The molecule has 0 unspecified atom stereocenters. The van der Waals surface area contributed by atoms with Crippen LogP contribution >= 0.6 is 0 Å². The van der Waals surface area contributed by atoms with Gasteiger partial charge in [-0.05, 0) is 18.6 Å². The van der Waals surface area contributed by atoms with Crippen LogP contribution in [-0.2, 0) is 9.53 Å². The maximum absolute atomic E-state index is 11.7. The van der Waals surface area contributed by atoms with Gasteiger partial charge in [0.15, 0.2) is 0 Å². The monoisotopic (exact) mass is 235 g/mol. The third-order valence-electron chi connectivity index (χ3n) is 2.65. The van der Waals surface area contributed by atoms with Crippen molar-refractivity contribution in [2.24, 2.45) is 5.92 Å². The Kier molecular flexibility index (Phi) is 4.69. The van der Waals surface area contributed by atoms with Crippen molar-refractivity contribution in [2.75, 3.05) is 12.4 Å². The summed E-state index contributed by atoms with van der Waals surface area (Å²) in [5.41, 5.74) is 0.858. The van der Waals surface area contributed by atoms with Crippen molar-refractivity contribution >= 4 is 17.6 Å². The highest BCUT2D eigenvalue weighted by atomic mass is 16.5. The summed E-state index contributed by atoms with van der Waals surface area (Å²) >= 11 is 0. The van der Waals surface area contributed by atoms with E-state index < -0.39 is 5.97 Å². The molecule has 1 aromatic carbocycles. The number of carbonyl (C=O) groups is 2. The van der Waals surface area contributed by atoms with E-state index in [-0.39, 0.29) is 11.8 Å².